The van der Waals surface area contributed by atoms with Crippen molar-refractivity contribution in [1.29, 1.82) is 0 Å². The van der Waals surface area contributed by atoms with Crippen molar-refractivity contribution in [3.8, 4) is 0 Å². The van der Waals surface area contributed by atoms with Gasteiger partial charge in [-0.25, -0.2) is 14.3 Å². The lowest BCUT2D eigenvalue weighted by Gasteiger charge is -2.19. The number of carbonyl (C=O) groups excluding carboxylic acids is 1. The van der Waals surface area contributed by atoms with Gasteiger partial charge in [-0.05, 0) is 39.3 Å². The van der Waals surface area contributed by atoms with Crippen molar-refractivity contribution < 1.29 is 4.79 Å². The van der Waals surface area contributed by atoms with Crippen LogP contribution in [0.15, 0.2) is 41.6 Å². The summed E-state index contributed by atoms with van der Waals surface area (Å²) in [6.07, 6.45) is 2.79. The van der Waals surface area contributed by atoms with E-state index in [1.165, 1.54) is 12.5 Å². The van der Waals surface area contributed by atoms with E-state index in [1.54, 1.807) is 16.8 Å². The largest absolute Gasteiger partial charge is 0.283 e. The van der Waals surface area contributed by atoms with Crippen molar-refractivity contribution in [2.45, 2.75) is 33.2 Å². The van der Waals surface area contributed by atoms with Gasteiger partial charge in [0.15, 0.2) is 5.65 Å². The minimum atomic E-state index is -0.363. The number of amides is 1. The number of nitrogens with one attached hydrogen (secondary N) is 1. The average Bonchev–Trinajstić information content (AvgIpc) is 2.95. The molecule has 124 valence electrons. The highest BCUT2D eigenvalue weighted by molar-refractivity contribution is 6.01. The summed E-state index contributed by atoms with van der Waals surface area (Å²) in [5, 5.41) is 4.61. The van der Waals surface area contributed by atoms with E-state index in [4.69, 9.17) is 0 Å². The van der Waals surface area contributed by atoms with E-state index in [-0.39, 0.29) is 17.0 Å². The minimum absolute atomic E-state index is 0.294. The standard InChI is InChI=1S/C17H19N5O2/c1-11-7-5-6-8-12(11)15(23)20-21-10-18-14-13(16(21)24)9-19-22(14)17(2,3)4/h5-10H,1-4H3,(H,20,23). The van der Waals surface area contributed by atoms with Gasteiger partial charge in [-0.3, -0.25) is 15.0 Å². The van der Waals surface area contributed by atoms with Crippen molar-refractivity contribution in [1.82, 2.24) is 19.4 Å². The number of fused-ring (bicyclic) bond motifs is 1. The fraction of sp³-hybridized carbons (Fsp3) is 0.294. The third-order valence-corrected chi connectivity index (χ3v) is 3.74. The summed E-state index contributed by atoms with van der Waals surface area (Å²) in [7, 11) is 0. The van der Waals surface area contributed by atoms with Crippen LogP contribution >= 0.6 is 0 Å². The van der Waals surface area contributed by atoms with Gasteiger partial charge < -0.3 is 0 Å². The Balaban J connectivity index is 2.00. The van der Waals surface area contributed by atoms with E-state index >= 15 is 0 Å². The van der Waals surface area contributed by atoms with Gasteiger partial charge in [0.2, 0.25) is 0 Å². The van der Waals surface area contributed by atoms with Crippen LogP contribution in [0.4, 0.5) is 0 Å². The Bertz CT molecular complexity index is 979. The van der Waals surface area contributed by atoms with E-state index < -0.39 is 0 Å². The third-order valence-electron chi connectivity index (χ3n) is 3.74. The molecule has 0 fully saturated rings. The molecule has 0 bridgehead atoms. The maximum atomic E-state index is 12.6. The predicted molar refractivity (Wildman–Crippen MR) is 91.7 cm³/mol. The van der Waals surface area contributed by atoms with Gasteiger partial charge in [-0.15, -0.1) is 0 Å². The van der Waals surface area contributed by atoms with Gasteiger partial charge >= 0.3 is 0 Å². The van der Waals surface area contributed by atoms with E-state index in [0.29, 0.717) is 16.6 Å². The molecule has 0 saturated carbocycles. The van der Waals surface area contributed by atoms with Gasteiger partial charge in [-0.2, -0.15) is 5.10 Å². The average molecular weight is 325 g/mol. The number of aromatic nitrogens is 4. The van der Waals surface area contributed by atoms with Crippen LogP contribution in [0.25, 0.3) is 11.0 Å². The summed E-state index contributed by atoms with van der Waals surface area (Å²) < 4.78 is 2.78. The van der Waals surface area contributed by atoms with Crippen LogP contribution in [-0.4, -0.2) is 25.3 Å². The molecule has 0 saturated heterocycles. The van der Waals surface area contributed by atoms with Crippen LogP contribution in [-0.2, 0) is 5.54 Å². The molecule has 2 aromatic heterocycles. The molecule has 1 aromatic carbocycles. The maximum Gasteiger partial charge on any atom is 0.283 e. The first-order chi connectivity index (χ1) is 11.3. The van der Waals surface area contributed by atoms with Crippen LogP contribution in [0, 0.1) is 6.92 Å². The van der Waals surface area contributed by atoms with Gasteiger partial charge in [0.25, 0.3) is 11.5 Å². The number of aryl methyl sites for hydroxylation is 1. The van der Waals surface area contributed by atoms with E-state index in [0.717, 1.165) is 10.2 Å². The van der Waals surface area contributed by atoms with Gasteiger partial charge in [0, 0.05) is 5.56 Å². The zero-order valence-corrected chi connectivity index (χ0v) is 14.1. The molecule has 0 unspecified atom stereocenters. The Labute approximate surface area is 138 Å². The maximum absolute atomic E-state index is 12.6. The first-order valence-corrected chi connectivity index (χ1v) is 7.62. The van der Waals surface area contributed by atoms with Crippen LogP contribution in [0.3, 0.4) is 0 Å². The second-order valence-corrected chi connectivity index (χ2v) is 6.64. The van der Waals surface area contributed by atoms with Gasteiger partial charge in [0.05, 0.1) is 11.7 Å². The second-order valence-electron chi connectivity index (χ2n) is 6.64. The smallest absolute Gasteiger partial charge is 0.267 e. The minimum Gasteiger partial charge on any atom is -0.267 e. The van der Waals surface area contributed by atoms with Crippen molar-refractivity contribution >= 4 is 16.9 Å². The summed E-state index contributed by atoms with van der Waals surface area (Å²) in [5.41, 5.74) is 3.75. The summed E-state index contributed by atoms with van der Waals surface area (Å²) in [4.78, 5) is 29.2. The molecule has 3 aromatic rings. The molecule has 0 spiro atoms. The molecule has 3 rings (SSSR count). The lowest BCUT2D eigenvalue weighted by atomic mass is 10.1. The van der Waals surface area contributed by atoms with Crippen LogP contribution in [0.5, 0.6) is 0 Å². The van der Waals surface area contributed by atoms with Crippen LogP contribution < -0.4 is 11.0 Å². The normalized spacial score (nSPS) is 11.7. The van der Waals surface area contributed by atoms with E-state index in [9.17, 15) is 9.59 Å². The summed E-state index contributed by atoms with van der Waals surface area (Å²) in [6, 6.07) is 7.18. The lowest BCUT2D eigenvalue weighted by molar-refractivity contribution is 0.101. The Kier molecular flexibility index (Phi) is 3.71. The monoisotopic (exact) mass is 325 g/mol. The number of carbonyl (C=O) groups is 1. The summed E-state index contributed by atoms with van der Waals surface area (Å²) in [6.45, 7) is 7.78. The predicted octanol–water partition coefficient (Wildman–Crippen LogP) is 2.04. The van der Waals surface area contributed by atoms with Crippen molar-refractivity contribution in [2.75, 3.05) is 5.43 Å². The molecular formula is C17H19N5O2. The molecule has 0 aliphatic heterocycles. The second kappa shape index (κ2) is 5.59. The Hall–Kier alpha value is -2.96. The molecule has 0 radical (unpaired) electrons. The van der Waals surface area contributed by atoms with Gasteiger partial charge in [-0.1, -0.05) is 18.2 Å². The van der Waals surface area contributed by atoms with Crippen LogP contribution in [0.1, 0.15) is 36.7 Å². The Morgan fingerprint density at radius 2 is 1.92 bits per heavy atom. The fourth-order valence-corrected chi connectivity index (χ4v) is 2.48. The molecule has 0 atom stereocenters. The first kappa shape index (κ1) is 15.9. The number of rotatable bonds is 2. The lowest BCUT2D eigenvalue weighted by Crippen LogP contribution is -2.34. The van der Waals surface area contributed by atoms with E-state index in [2.05, 4.69) is 15.5 Å². The molecule has 7 nitrogen and oxygen atoms in total. The van der Waals surface area contributed by atoms with Crippen molar-refractivity contribution in [3.63, 3.8) is 0 Å². The van der Waals surface area contributed by atoms with Crippen LogP contribution in [0.2, 0.25) is 0 Å². The van der Waals surface area contributed by atoms with Gasteiger partial charge in [0.1, 0.15) is 11.7 Å². The van der Waals surface area contributed by atoms with Crippen molar-refractivity contribution in [2.24, 2.45) is 0 Å². The molecule has 2 heterocycles. The fourth-order valence-electron chi connectivity index (χ4n) is 2.48. The molecule has 1 N–H and O–H groups in total. The molecule has 0 aliphatic carbocycles. The highest BCUT2D eigenvalue weighted by Crippen LogP contribution is 2.17. The third kappa shape index (κ3) is 2.68. The summed E-state index contributed by atoms with van der Waals surface area (Å²) in [5.74, 6) is -0.362. The van der Waals surface area contributed by atoms with Crippen molar-refractivity contribution in [3.05, 3.63) is 58.3 Å². The van der Waals surface area contributed by atoms with E-state index in [1.807, 2.05) is 39.8 Å². The first-order valence-electron chi connectivity index (χ1n) is 7.62. The Morgan fingerprint density at radius 3 is 2.58 bits per heavy atom. The number of nitrogens with zero attached hydrogens (tertiary/aromatic N) is 4. The zero-order valence-electron chi connectivity index (χ0n) is 14.1. The topological polar surface area (TPSA) is 81.8 Å². The highest BCUT2D eigenvalue weighted by atomic mass is 16.2. The molecular weight excluding hydrogens is 306 g/mol. The quantitative estimate of drug-likeness (QED) is 0.782. The number of hydrogen-bond acceptors (Lipinski definition) is 4. The molecule has 0 aliphatic rings. The molecule has 1 amide bonds. The molecule has 7 heteroatoms. The molecule has 24 heavy (non-hydrogen) atoms. The Morgan fingerprint density at radius 1 is 1.21 bits per heavy atom. The number of hydrogen-bond donors (Lipinski definition) is 1. The SMILES string of the molecule is Cc1ccccc1C(=O)Nn1cnc2c(cnn2C(C)(C)C)c1=O. The summed E-state index contributed by atoms with van der Waals surface area (Å²) >= 11 is 0. The number of benzene rings is 1. The zero-order chi connectivity index (χ0) is 17.5. The highest BCUT2D eigenvalue weighted by Gasteiger charge is 2.20.